The van der Waals surface area contributed by atoms with Gasteiger partial charge in [0.05, 0.1) is 5.56 Å². The SMILES string of the molecule is O=CC1CCN(c2ccc(C(=O)N[C@H]3CCC(=O)NC3=O)c(F)c2)CC1. The summed E-state index contributed by atoms with van der Waals surface area (Å²) in [4.78, 5) is 47.9. The number of hydrogen-bond acceptors (Lipinski definition) is 5. The molecule has 26 heavy (non-hydrogen) atoms. The minimum Gasteiger partial charge on any atom is -0.371 e. The largest absolute Gasteiger partial charge is 0.371 e. The standard InChI is InChI=1S/C18H20FN3O4/c19-14-9-12(22-7-5-11(10-23)6-8-22)1-2-13(14)17(25)20-15-3-4-16(24)21-18(15)26/h1-2,9-11,15H,3-8H2,(H,20,25)(H,21,24,26)/t15-/m0/s1. The molecule has 2 saturated heterocycles. The van der Waals surface area contributed by atoms with Crippen molar-refractivity contribution in [3.05, 3.63) is 29.6 Å². The molecule has 0 aromatic heterocycles. The molecule has 2 aliphatic heterocycles. The molecule has 1 aromatic rings. The van der Waals surface area contributed by atoms with Gasteiger partial charge >= 0.3 is 0 Å². The van der Waals surface area contributed by atoms with Gasteiger partial charge in [0.15, 0.2) is 0 Å². The van der Waals surface area contributed by atoms with Crippen LogP contribution in [-0.2, 0) is 14.4 Å². The number of anilines is 1. The number of amides is 3. The fraction of sp³-hybridized carbons (Fsp3) is 0.444. The van der Waals surface area contributed by atoms with E-state index in [1.165, 1.54) is 12.1 Å². The zero-order chi connectivity index (χ0) is 18.7. The third kappa shape index (κ3) is 3.89. The van der Waals surface area contributed by atoms with Crippen molar-refractivity contribution in [2.24, 2.45) is 5.92 Å². The topological polar surface area (TPSA) is 95.6 Å². The molecule has 8 heteroatoms. The maximum absolute atomic E-state index is 14.4. The summed E-state index contributed by atoms with van der Waals surface area (Å²) in [7, 11) is 0. The normalized spacial score (nSPS) is 21.3. The molecule has 2 aliphatic rings. The number of benzene rings is 1. The van der Waals surface area contributed by atoms with Crippen molar-refractivity contribution in [3.8, 4) is 0 Å². The monoisotopic (exact) mass is 361 g/mol. The minimum atomic E-state index is -0.846. The Balaban J connectivity index is 1.65. The van der Waals surface area contributed by atoms with E-state index in [9.17, 15) is 23.6 Å². The highest BCUT2D eigenvalue weighted by Gasteiger charge is 2.29. The van der Waals surface area contributed by atoms with Gasteiger partial charge < -0.3 is 15.0 Å². The molecular weight excluding hydrogens is 341 g/mol. The van der Waals surface area contributed by atoms with E-state index in [4.69, 9.17) is 0 Å². The van der Waals surface area contributed by atoms with Crippen LogP contribution >= 0.6 is 0 Å². The van der Waals surface area contributed by atoms with Crippen LogP contribution in [0.2, 0.25) is 0 Å². The number of carbonyl (C=O) groups is 4. The molecule has 0 bridgehead atoms. The summed E-state index contributed by atoms with van der Waals surface area (Å²) in [6, 6.07) is 3.49. The first-order chi connectivity index (χ1) is 12.5. The lowest BCUT2D eigenvalue weighted by Crippen LogP contribution is -2.52. The maximum atomic E-state index is 14.4. The number of nitrogens with zero attached hydrogens (tertiary/aromatic N) is 1. The van der Waals surface area contributed by atoms with Crippen LogP contribution < -0.4 is 15.5 Å². The van der Waals surface area contributed by atoms with Crippen molar-refractivity contribution >= 4 is 29.7 Å². The summed E-state index contributed by atoms with van der Waals surface area (Å²) in [5, 5.41) is 4.61. The van der Waals surface area contributed by atoms with Crippen molar-refractivity contribution in [3.63, 3.8) is 0 Å². The molecule has 0 radical (unpaired) electrons. The summed E-state index contributed by atoms with van der Waals surface area (Å²) in [5.41, 5.74) is 0.505. The van der Waals surface area contributed by atoms with Crippen LogP contribution in [0.25, 0.3) is 0 Å². The number of piperidine rings is 2. The highest BCUT2D eigenvalue weighted by atomic mass is 19.1. The highest BCUT2D eigenvalue weighted by molar-refractivity contribution is 6.03. The zero-order valence-corrected chi connectivity index (χ0v) is 14.2. The second-order valence-electron chi connectivity index (χ2n) is 6.60. The van der Waals surface area contributed by atoms with Crippen molar-refractivity contribution < 1.29 is 23.6 Å². The zero-order valence-electron chi connectivity index (χ0n) is 14.2. The lowest BCUT2D eigenvalue weighted by molar-refractivity contribution is -0.134. The highest BCUT2D eigenvalue weighted by Crippen LogP contribution is 2.24. The number of nitrogens with one attached hydrogen (secondary N) is 2. The molecule has 1 atom stereocenters. The van der Waals surface area contributed by atoms with Crippen LogP contribution in [0.15, 0.2) is 18.2 Å². The average Bonchev–Trinajstić information content (AvgIpc) is 2.64. The first kappa shape index (κ1) is 18.0. The Labute approximate surface area is 149 Å². The Morgan fingerprint density at radius 2 is 1.96 bits per heavy atom. The summed E-state index contributed by atoms with van der Waals surface area (Å²) in [5.74, 6) is -2.28. The number of rotatable bonds is 4. The molecule has 0 aliphatic carbocycles. The smallest absolute Gasteiger partial charge is 0.254 e. The Bertz CT molecular complexity index is 744. The second kappa shape index (κ2) is 7.63. The van der Waals surface area contributed by atoms with Gasteiger partial charge in [-0.15, -0.1) is 0 Å². The molecule has 3 rings (SSSR count). The van der Waals surface area contributed by atoms with Gasteiger partial charge in [-0.25, -0.2) is 4.39 Å². The van der Waals surface area contributed by atoms with Crippen LogP contribution in [0.1, 0.15) is 36.0 Å². The number of carbonyl (C=O) groups excluding carboxylic acids is 4. The number of aldehydes is 1. The number of halogens is 1. The lowest BCUT2D eigenvalue weighted by atomic mass is 9.98. The van der Waals surface area contributed by atoms with Gasteiger partial charge in [-0.3, -0.25) is 19.7 Å². The van der Waals surface area contributed by atoms with Crippen LogP contribution in [0.5, 0.6) is 0 Å². The first-order valence-electron chi connectivity index (χ1n) is 8.62. The average molecular weight is 361 g/mol. The second-order valence-corrected chi connectivity index (χ2v) is 6.60. The lowest BCUT2D eigenvalue weighted by Gasteiger charge is -2.31. The van der Waals surface area contributed by atoms with Crippen molar-refractivity contribution in [1.29, 1.82) is 0 Å². The van der Waals surface area contributed by atoms with Gasteiger partial charge in [0.25, 0.3) is 5.91 Å². The predicted octanol–water partition coefficient (Wildman–Crippen LogP) is 0.776. The molecule has 2 N–H and O–H groups in total. The molecule has 7 nitrogen and oxygen atoms in total. The number of hydrogen-bond donors (Lipinski definition) is 2. The Kier molecular flexibility index (Phi) is 5.29. The molecular formula is C18H20FN3O4. The molecule has 3 amide bonds. The molecule has 2 heterocycles. The quantitative estimate of drug-likeness (QED) is 0.610. The Hall–Kier alpha value is -2.77. The van der Waals surface area contributed by atoms with Crippen molar-refractivity contribution in [2.75, 3.05) is 18.0 Å². The van der Waals surface area contributed by atoms with Crippen LogP contribution in [0.4, 0.5) is 10.1 Å². The van der Waals surface area contributed by atoms with Crippen molar-refractivity contribution in [2.45, 2.75) is 31.7 Å². The van der Waals surface area contributed by atoms with E-state index in [2.05, 4.69) is 10.6 Å². The Morgan fingerprint density at radius 3 is 2.58 bits per heavy atom. The van der Waals surface area contributed by atoms with E-state index in [0.717, 1.165) is 19.1 Å². The van der Waals surface area contributed by atoms with E-state index in [0.29, 0.717) is 18.8 Å². The molecule has 2 fully saturated rings. The Morgan fingerprint density at radius 1 is 1.23 bits per heavy atom. The van der Waals surface area contributed by atoms with Crippen LogP contribution in [-0.4, -0.2) is 43.1 Å². The van der Waals surface area contributed by atoms with Crippen LogP contribution in [0.3, 0.4) is 0 Å². The van der Waals surface area contributed by atoms with Gasteiger partial charge in [-0.2, -0.15) is 0 Å². The van der Waals surface area contributed by atoms with Gasteiger partial charge in [-0.1, -0.05) is 0 Å². The summed E-state index contributed by atoms with van der Waals surface area (Å²) in [6.07, 6.45) is 2.74. The van der Waals surface area contributed by atoms with E-state index in [-0.39, 0.29) is 30.2 Å². The van der Waals surface area contributed by atoms with Crippen LogP contribution in [0, 0.1) is 11.7 Å². The summed E-state index contributed by atoms with van der Waals surface area (Å²) in [6.45, 7) is 1.31. The van der Waals surface area contributed by atoms with Gasteiger partial charge in [-0.05, 0) is 37.5 Å². The fourth-order valence-electron chi connectivity index (χ4n) is 3.25. The molecule has 0 unspecified atom stereocenters. The van der Waals surface area contributed by atoms with E-state index >= 15 is 0 Å². The predicted molar refractivity (Wildman–Crippen MR) is 91.0 cm³/mol. The fourth-order valence-corrected chi connectivity index (χ4v) is 3.25. The van der Waals surface area contributed by atoms with E-state index < -0.39 is 23.7 Å². The number of imide groups is 1. The third-order valence-corrected chi connectivity index (χ3v) is 4.84. The van der Waals surface area contributed by atoms with Gasteiger partial charge in [0.2, 0.25) is 11.8 Å². The molecule has 138 valence electrons. The van der Waals surface area contributed by atoms with E-state index in [1.807, 2.05) is 4.90 Å². The van der Waals surface area contributed by atoms with Gasteiger partial charge in [0, 0.05) is 31.1 Å². The minimum absolute atomic E-state index is 0.0506. The summed E-state index contributed by atoms with van der Waals surface area (Å²) >= 11 is 0. The third-order valence-electron chi connectivity index (χ3n) is 4.84. The first-order valence-corrected chi connectivity index (χ1v) is 8.62. The molecule has 0 spiro atoms. The summed E-state index contributed by atoms with van der Waals surface area (Å²) < 4.78 is 14.4. The van der Waals surface area contributed by atoms with Gasteiger partial charge in [0.1, 0.15) is 18.1 Å². The maximum Gasteiger partial charge on any atom is 0.254 e. The van der Waals surface area contributed by atoms with E-state index in [1.54, 1.807) is 6.07 Å². The molecule has 1 aromatic carbocycles. The van der Waals surface area contributed by atoms with Crippen molar-refractivity contribution in [1.82, 2.24) is 10.6 Å². The molecule has 0 saturated carbocycles.